The van der Waals surface area contributed by atoms with Crippen LogP contribution in [0.15, 0.2) is 243 Å². The number of hydrogen-bond acceptors (Lipinski definition) is 6. The van der Waals surface area contributed by atoms with E-state index in [4.69, 9.17) is 9.47 Å². The second-order valence-electron chi connectivity index (χ2n) is 20.9. The van der Waals surface area contributed by atoms with E-state index in [0.29, 0.717) is 58.1 Å². The third-order valence-electron chi connectivity index (χ3n) is 15.5. The summed E-state index contributed by atoms with van der Waals surface area (Å²) in [4.78, 5) is 31.3. The molecule has 2 N–H and O–H groups in total. The minimum Gasteiger partial charge on any atom is -0.507 e. The lowest BCUT2D eigenvalue weighted by Crippen LogP contribution is -2.28. The van der Waals surface area contributed by atoms with E-state index in [-0.39, 0.29) is 48.7 Å². The molecular formula is C74H66O6P2. The van der Waals surface area contributed by atoms with Crippen LogP contribution >= 0.6 is 13.8 Å². The quantitative estimate of drug-likeness (QED) is 0.0740. The molecule has 11 rings (SSSR count). The first-order valence-corrected chi connectivity index (χ1v) is 32.0. The van der Waals surface area contributed by atoms with Crippen LogP contribution in [0.1, 0.15) is 91.9 Å². The van der Waals surface area contributed by atoms with Gasteiger partial charge in [-0.15, -0.1) is 0 Å². The molecule has 0 amide bonds. The molecule has 10 aromatic rings. The Morgan fingerprint density at radius 3 is 0.805 bits per heavy atom. The maximum atomic E-state index is 15.7. The fourth-order valence-corrected chi connectivity index (χ4v) is 19.1. The molecule has 6 nitrogen and oxygen atoms in total. The number of aromatic hydroxyl groups is 2. The van der Waals surface area contributed by atoms with E-state index < -0.39 is 13.8 Å². The lowest BCUT2D eigenvalue weighted by atomic mass is 9.89. The van der Waals surface area contributed by atoms with Crippen LogP contribution < -0.4 is 41.3 Å². The number of hydrogen-bond donors (Lipinski definition) is 2. The Kier molecular flexibility index (Phi) is 16.9. The third kappa shape index (κ3) is 11.2. The number of phenols is 2. The van der Waals surface area contributed by atoms with Crippen molar-refractivity contribution in [1.29, 1.82) is 0 Å². The van der Waals surface area contributed by atoms with Gasteiger partial charge in [0.15, 0.2) is 11.6 Å². The topological polar surface area (TPSA) is 93.1 Å². The fraction of sp³-hybridized carbons (Fsp3) is 0.135. The van der Waals surface area contributed by atoms with E-state index in [1.54, 1.807) is 0 Å². The number of phenolic OH excluding ortho intramolecular Hbond substituents is 2. The normalized spacial score (nSPS) is 12.2. The van der Waals surface area contributed by atoms with E-state index in [1.807, 2.05) is 181 Å². The summed E-state index contributed by atoms with van der Waals surface area (Å²) in [7, 11) is 0. The Labute approximate surface area is 482 Å². The van der Waals surface area contributed by atoms with Crippen LogP contribution in [0.25, 0.3) is 0 Å². The minimum absolute atomic E-state index is 0.0975. The molecule has 0 atom stereocenters. The number of ether oxygens (including phenoxy) is 2. The molecule has 0 radical (unpaired) electrons. The number of benzene rings is 10. The molecule has 8 bridgehead atoms. The predicted octanol–water partition coefficient (Wildman–Crippen LogP) is 13.3. The lowest BCUT2D eigenvalue weighted by molar-refractivity contribution is 0.106. The second kappa shape index (κ2) is 25.0. The zero-order chi connectivity index (χ0) is 56.5. The summed E-state index contributed by atoms with van der Waals surface area (Å²) in [5.74, 6) is 5.07. The Bertz CT molecular complexity index is 3450. The monoisotopic (exact) mass is 1110 g/mol. The highest BCUT2D eigenvalue weighted by Crippen LogP contribution is 2.47. The molecule has 0 fully saturated rings. The summed E-state index contributed by atoms with van der Waals surface area (Å²) in [6.45, 7) is -0.478. The fourth-order valence-electron chi connectivity index (χ4n) is 11.6. The highest BCUT2D eigenvalue weighted by atomic mass is 31.2. The Hall–Kier alpha value is -8.66. The zero-order valence-electron chi connectivity index (χ0n) is 46.3. The number of ketones is 2. The number of carbonyl (C=O) groups excluding carboxylic acids is 2. The Morgan fingerprint density at radius 1 is 0.354 bits per heavy atom. The van der Waals surface area contributed by atoms with Crippen molar-refractivity contribution < 1.29 is 29.3 Å². The number of para-hydroxylation sites is 2. The Balaban J connectivity index is 1.12. The highest BCUT2D eigenvalue weighted by molar-refractivity contribution is 7.96. The molecule has 0 aromatic heterocycles. The molecule has 0 saturated carbocycles. The van der Waals surface area contributed by atoms with Gasteiger partial charge >= 0.3 is 0 Å². The first kappa shape index (κ1) is 55.3. The molecule has 82 heavy (non-hydrogen) atoms. The molecule has 0 heterocycles. The smallest absolute Gasteiger partial charge is 0.186 e. The van der Waals surface area contributed by atoms with E-state index in [2.05, 4.69) is 86.6 Å². The van der Waals surface area contributed by atoms with Crippen LogP contribution in [-0.2, 0) is 25.7 Å². The molecule has 10 aromatic carbocycles. The van der Waals surface area contributed by atoms with E-state index in [0.717, 1.165) is 66.9 Å². The van der Waals surface area contributed by atoms with Crippen LogP contribution in [0.2, 0.25) is 0 Å². The van der Waals surface area contributed by atoms with Gasteiger partial charge in [0.1, 0.15) is 23.0 Å². The molecule has 408 valence electrons. The van der Waals surface area contributed by atoms with Crippen molar-refractivity contribution in [3.05, 3.63) is 298 Å². The molecule has 0 unspecified atom stereocenters. The molecule has 0 saturated heterocycles. The van der Waals surface area contributed by atoms with Gasteiger partial charge in [-0.1, -0.05) is 232 Å². The second-order valence-corrected chi connectivity index (χ2v) is 27.5. The van der Waals surface area contributed by atoms with E-state index in [1.165, 1.54) is 0 Å². The van der Waals surface area contributed by atoms with Crippen molar-refractivity contribution in [2.45, 2.75) is 52.4 Å². The number of rotatable bonds is 16. The maximum Gasteiger partial charge on any atom is 0.186 e. The van der Waals surface area contributed by atoms with Gasteiger partial charge in [0.25, 0.3) is 0 Å². The van der Waals surface area contributed by atoms with E-state index in [9.17, 15) is 10.2 Å². The first-order chi connectivity index (χ1) is 40.2. The molecule has 0 aliphatic heterocycles. The third-order valence-corrected chi connectivity index (χ3v) is 23.4. The van der Waals surface area contributed by atoms with Gasteiger partial charge < -0.3 is 19.7 Å². The lowest BCUT2D eigenvalue weighted by Gasteiger charge is -2.28. The summed E-state index contributed by atoms with van der Waals surface area (Å²) in [6, 6.07) is 81.3. The van der Waals surface area contributed by atoms with Crippen molar-refractivity contribution in [2.24, 2.45) is 0 Å². The molecule has 1 aliphatic carbocycles. The summed E-state index contributed by atoms with van der Waals surface area (Å²) >= 11 is 0. The molecular weight excluding hydrogens is 1050 g/mol. The van der Waals surface area contributed by atoms with Crippen molar-refractivity contribution in [3.8, 4) is 23.0 Å². The molecule has 8 heteroatoms. The number of fused-ring (bicyclic) bond motifs is 8. The largest absolute Gasteiger partial charge is 0.507 e. The highest BCUT2D eigenvalue weighted by Gasteiger charge is 2.30. The minimum atomic E-state index is -2.72. The summed E-state index contributed by atoms with van der Waals surface area (Å²) in [6.07, 6.45) is 2.41. The van der Waals surface area contributed by atoms with Crippen LogP contribution in [0, 0.1) is 0 Å². The van der Waals surface area contributed by atoms with E-state index >= 15 is 9.59 Å². The van der Waals surface area contributed by atoms with Gasteiger partial charge in [-0.3, -0.25) is 9.59 Å². The summed E-state index contributed by atoms with van der Waals surface area (Å²) < 4.78 is 13.5. The first-order valence-electron chi connectivity index (χ1n) is 28.3. The Morgan fingerprint density at radius 2 is 0.585 bits per heavy atom. The van der Waals surface area contributed by atoms with Crippen molar-refractivity contribution >= 4 is 68.8 Å². The van der Waals surface area contributed by atoms with Gasteiger partial charge in [0.05, 0.1) is 13.2 Å². The SMILES string of the molecule is CCCOc1c2cccc1Cc1cc(C(=O)C=P(c3ccccc3)(c3ccccc3)c3ccccc3)cc(c1O)Cc1cccc(c1OCCC)Cc1cc(C(=O)C=P(c3ccccc3)(c3ccccc3)c3ccccc3)cc(c1O)C2. The van der Waals surface area contributed by atoms with Gasteiger partial charge in [-0.05, 0) is 139 Å². The van der Waals surface area contributed by atoms with Crippen molar-refractivity contribution in [1.82, 2.24) is 0 Å². The van der Waals surface area contributed by atoms with Gasteiger partial charge in [-0.2, -0.15) is 0 Å². The zero-order valence-corrected chi connectivity index (χ0v) is 48.1. The standard InChI is InChI=1S/C74H66O6P2/c1-3-41-79-73-53-25-23-26-54(73)44-60-48-58(70(76)52-82(66-35-17-8-18-36-66,67-37-19-9-20-38-67)68-39-21-10-22-40-68)50-62(72(60)78)46-56-28-24-27-55(74(56)80-42-4-2)45-61-49-57(47-59(43-53)71(61)77)69(75)51-81(63-29-11-5-12-30-63,64-31-13-6-14-32-64)65-33-15-7-16-34-65/h5-40,47-52,77-78H,3-4,41-46H2,1-2H3. The predicted molar refractivity (Wildman–Crippen MR) is 343 cm³/mol. The number of carbonyl (C=O) groups is 2. The summed E-state index contributed by atoms with van der Waals surface area (Å²) in [5, 5.41) is 31.7. The van der Waals surface area contributed by atoms with Crippen LogP contribution in [-0.4, -0.2) is 46.6 Å². The van der Waals surface area contributed by atoms with Gasteiger partial charge in [0, 0.05) is 36.8 Å². The van der Waals surface area contributed by atoms with Crippen LogP contribution in [0.4, 0.5) is 0 Å². The molecule has 0 spiro atoms. The number of Topliss-reactive ketones (excluding diaryl/α,β-unsaturated/α-hetero) is 2. The van der Waals surface area contributed by atoms with Gasteiger partial charge in [0.2, 0.25) is 0 Å². The average molecular weight is 1110 g/mol. The van der Waals surface area contributed by atoms with Crippen LogP contribution in [0.3, 0.4) is 0 Å². The van der Waals surface area contributed by atoms with Gasteiger partial charge in [-0.25, -0.2) is 0 Å². The van der Waals surface area contributed by atoms with Crippen LogP contribution in [0.5, 0.6) is 23.0 Å². The van der Waals surface area contributed by atoms with Crippen molar-refractivity contribution in [3.63, 3.8) is 0 Å². The molecule has 1 aliphatic rings. The maximum absolute atomic E-state index is 15.7. The average Bonchev–Trinajstić information content (AvgIpc) is 2.20. The summed E-state index contributed by atoms with van der Waals surface area (Å²) in [5.41, 5.74) is 6.46. The van der Waals surface area contributed by atoms with Crippen molar-refractivity contribution in [2.75, 3.05) is 13.2 Å².